The lowest BCUT2D eigenvalue weighted by atomic mass is 10.1. The van der Waals surface area contributed by atoms with Gasteiger partial charge in [0.15, 0.2) is 0 Å². The third-order valence-electron chi connectivity index (χ3n) is 6.93. The van der Waals surface area contributed by atoms with E-state index in [1.165, 1.54) is 29.2 Å². The summed E-state index contributed by atoms with van der Waals surface area (Å²) in [7, 11) is -4.25. The Labute approximate surface area is 253 Å². The number of nitrogens with one attached hydrogen (secondary N) is 1. The molecule has 0 unspecified atom stereocenters. The monoisotopic (exact) mass is 617 g/mol. The maximum absolute atomic E-state index is 14.2. The molecule has 3 aromatic carbocycles. The smallest absolute Gasteiger partial charge is 0.264 e. The maximum Gasteiger partial charge on any atom is 0.264 e. The number of amides is 2. The van der Waals surface area contributed by atoms with Gasteiger partial charge in [-0.3, -0.25) is 13.9 Å². The van der Waals surface area contributed by atoms with Crippen molar-refractivity contribution in [3.63, 3.8) is 0 Å². The lowest BCUT2D eigenvalue weighted by Crippen LogP contribution is -2.53. The predicted molar refractivity (Wildman–Crippen MR) is 166 cm³/mol. The molecule has 2 atom stereocenters. The molecule has 0 saturated heterocycles. The molecule has 1 N–H and O–H groups in total. The summed E-state index contributed by atoms with van der Waals surface area (Å²) in [6, 6.07) is 17.5. The first-order valence-electron chi connectivity index (χ1n) is 13.6. The highest BCUT2D eigenvalue weighted by atomic mass is 35.5. The summed E-state index contributed by atoms with van der Waals surface area (Å²) in [5.74, 6) is -0.848. The molecule has 3 aromatic rings. The van der Waals surface area contributed by atoms with Gasteiger partial charge in [0.1, 0.15) is 12.6 Å². The van der Waals surface area contributed by atoms with Crippen LogP contribution in [-0.4, -0.2) is 43.8 Å². The minimum atomic E-state index is -4.25. The quantitative estimate of drug-likeness (QED) is 0.250. The highest BCUT2D eigenvalue weighted by Crippen LogP contribution is 2.33. The molecule has 0 aromatic heterocycles. The van der Waals surface area contributed by atoms with Crippen molar-refractivity contribution in [2.75, 3.05) is 10.8 Å². The summed E-state index contributed by atoms with van der Waals surface area (Å²) < 4.78 is 29.0. The predicted octanol–water partition coefficient (Wildman–Crippen LogP) is 6.53. The molecular weight excluding hydrogens is 581 g/mol. The van der Waals surface area contributed by atoms with Crippen molar-refractivity contribution < 1.29 is 18.0 Å². The van der Waals surface area contributed by atoms with Crippen LogP contribution in [-0.2, 0) is 26.2 Å². The van der Waals surface area contributed by atoms with Crippen LogP contribution >= 0.6 is 23.2 Å². The second-order valence-electron chi connectivity index (χ2n) is 10.2. The minimum Gasteiger partial charge on any atom is -0.352 e. The molecule has 0 aliphatic carbocycles. The number of nitrogens with zero attached hydrogens (tertiary/aromatic N) is 2. The van der Waals surface area contributed by atoms with E-state index in [1.807, 2.05) is 58.9 Å². The largest absolute Gasteiger partial charge is 0.352 e. The molecule has 0 aliphatic heterocycles. The molecule has 0 bridgehead atoms. The average molecular weight is 619 g/mol. The van der Waals surface area contributed by atoms with Crippen molar-refractivity contribution in [1.29, 1.82) is 0 Å². The van der Waals surface area contributed by atoms with E-state index in [-0.39, 0.29) is 39.1 Å². The SMILES string of the molecule is CC[C@@H](C)NC(=O)[C@@H](CC)N(Cc1ccc(C)cc1)C(=O)CN(c1cc(Cl)ccc1Cl)S(=O)(=O)c1ccc(C)cc1. The van der Waals surface area contributed by atoms with Crippen molar-refractivity contribution in [3.05, 3.63) is 93.5 Å². The van der Waals surface area contributed by atoms with E-state index in [9.17, 15) is 18.0 Å². The molecule has 7 nitrogen and oxygen atoms in total. The Morgan fingerprint density at radius 2 is 1.46 bits per heavy atom. The first-order chi connectivity index (χ1) is 19.4. The summed E-state index contributed by atoms with van der Waals surface area (Å²) >= 11 is 12.7. The second-order valence-corrected chi connectivity index (χ2v) is 12.9. The zero-order valence-electron chi connectivity index (χ0n) is 24.0. The highest BCUT2D eigenvalue weighted by Gasteiger charge is 2.34. The third kappa shape index (κ3) is 8.24. The van der Waals surface area contributed by atoms with Gasteiger partial charge in [-0.05, 0) is 69.5 Å². The van der Waals surface area contributed by atoms with Crippen molar-refractivity contribution in [1.82, 2.24) is 10.2 Å². The Morgan fingerprint density at radius 1 is 0.878 bits per heavy atom. The van der Waals surface area contributed by atoms with Crippen LogP contribution in [0.5, 0.6) is 0 Å². The summed E-state index contributed by atoms with van der Waals surface area (Å²) in [5.41, 5.74) is 2.82. The topological polar surface area (TPSA) is 86.8 Å². The van der Waals surface area contributed by atoms with Crippen LogP contribution in [0.15, 0.2) is 71.6 Å². The molecule has 0 radical (unpaired) electrons. The van der Waals surface area contributed by atoms with Crippen molar-refractivity contribution in [2.45, 2.75) is 71.0 Å². The molecule has 0 saturated carbocycles. The van der Waals surface area contributed by atoms with Gasteiger partial charge in [-0.2, -0.15) is 0 Å². The van der Waals surface area contributed by atoms with E-state index >= 15 is 0 Å². The number of hydrogen-bond donors (Lipinski definition) is 1. The zero-order valence-corrected chi connectivity index (χ0v) is 26.4. The summed E-state index contributed by atoms with van der Waals surface area (Å²) in [6.07, 6.45) is 1.06. The second kappa shape index (κ2) is 14.2. The van der Waals surface area contributed by atoms with E-state index in [0.717, 1.165) is 27.4 Å². The number of benzene rings is 3. The van der Waals surface area contributed by atoms with Crippen molar-refractivity contribution in [3.8, 4) is 0 Å². The third-order valence-corrected chi connectivity index (χ3v) is 9.25. The maximum atomic E-state index is 14.2. The number of sulfonamides is 1. The fourth-order valence-electron chi connectivity index (χ4n) is 4.28. The molecule has 0 aliphatic rings. The molecule has 10 heteroatoms. The van der Waals surface area contributed by atoms with Crippen LogP contribution in [0.25, 0.3) is 0 Å². The number of hydrogen-bond acceptors (Lipinski definition) is 4. The normalized spacial score (nSPS) is 12.9. The first-order valence-corrected chi connectivity index (χ1v) is 15.8. The van der Waals surface area contributed by atoms with Gasteiger partial charge in [0.2, 0.25) is 11.8 Å². The fraction of sp³-hybridized carbons (Fsp3) is 0.355. The number of rotatable bonds is 12. The molecule has 0 fully saturated rings. The van der Waals surface area contributed by atoms with E-state index in [1.54, 1.807) is 18.2 Å². The average Bonchev–Trinajstić information content (AvgIpc) is 2.94. The van der Waals surface area contributed by atoms with E-state index < -0.39 is 28.5 Å². The molecule has 2 amide bonds. The lowest BCUT2D eigenvalue weighted by molar-refractivity contribution is -0.140. The summed E-state index contributed by atoms with van der Waals surface area (Å²) in [6.45, 7) is 9.03. The Hall–Kier alpha value is -3.07. The van der Waals surface area contributed by atoms with E-state index in [2.05, 4.69) is 5.32 Å². The molecular formula is C31H37Cl2N3O4S. The van der Waals surface area contributed by atoms with Gasteiger partial charge in [0.25, 0.3) is 10.0 Å². The Kier molecular flexibility index (Phi) is 11.2. The van der Waals surface area contributed by atoms with Gasteiger partial charge in [-0.15, -0.1) is 0 Å². The van der Waals surface area contributed by atoms with Gasteiger partial charge in [-0.1, -0.05) is 84.6 Å². The fourth-order valence-corrected chi connectivity index (χ4v) is 6.14. The van der Waals surface area contributed by atoms with Crippen molar-refractivity contribution in [2.24, 2.45) is 0 Å². The molecule has 3 rings (SSSR count). The lowest BCUT2D eigenvalue weighted by Gasteiger charge is -2.34. The van der Waals surface area contributed by atoms with Crippen molar-refractivity contribution >= 4 is 50.7 Å². The van der Waals surface area contributed by atoms with Gasteiger partial charge in [-0.25, -0.2) is 8.42 Å². The summed E-state index contributed by atoms with van der Waals surface area (Å²) in [5, 5.41) is 3.35. The van der Waals surface area contributed by atoms with Gasteiger partial charge in [0.05, 0.1) is 15.6 Å². The van der Waals surface area contributed by atoms with Crippen LogP contribution in [0.1, 0.15) is 50.3 Å². The molecule has 220 valence electrons. The van der Waals surface area contributed by atoms with Crippen LogP contribution < -0.4 is 9.62 Å². The van der Waals surface area contributed by atoms with Gasteiger partial charge < -0.3 is 10.2 Å². The molecule has 0 heterocycles. The highest BCUT2D eigenvalue weighted by molar-refractivity contribution is 7.92. The standard InChI is InChI=1S/C31H37Cl2N3O4S/c1-6-23(5)34-31(38)28(7-2)35(19-24-12-8-21(3)9-13-24)30(37)20-36(29-18-25(32)14-17-27(29)33)41(39,40)26-15-10-22(4)11-16-26/h8-18,23,28H,6-7,19-20H2,1-5H3,(H,34,38)/t23-,28-/m1/s1. The van der Waals surface area contributed by atoms with E-state index in [0.29, 0.717) is 6.42 Å². The molecule has 41 heavy (non-hydrogen) atoms. The minimum absolute atomic E-state index is 0.00131. The number of carbonyl (C=O) groups is 2. The van der Waals surface area contributed by atoms with E-state index in [4.69, 9.17) is 23.2 Å². The Bertz CT molecular complexity index is 1460. The Morgan fingerprint density at radius 3 is 2.02 bits per heavy atom. The number of anilines is 1. The summed E-state index contributed by atoms with van der Waals surface area (Å²) in [4.78, 5) is 29.0. The van der Waals surface area contributed by atoms with Crippen LogP contribution in [0.3, 0.4) is 0 Å². The van der Waals surface area contributed by atoms with Crippen LogP contribution in [0.2, 0.25) is 10.0 Å². The first kappa shape index (κ1) is 32.4. The van der Waals surface area contributed by atoms with Gasteiger partial charge in [0, 0.05) is 17.6 Å². The molecule has 0 spiro atoms. The number of aryl methyl sites for hydroxylation is 2. The van der Waals surface area contributed by atoms with Crippen LogP contribution in [0.4, 0.5) is 5.69 Å². The van der Waals surface area contributed by atoms with Gasteiger partial charge >= 0.3 is 0 Å². The van der Waals surface area contributed by atoms with Crippen LogP contribution in [0, 0.1) is 13.8 Å². The number of halogens is 2. The zero-order chi connectivity index (χ0) is 30.3. The number of carbonyl (C=O) groups excluding carboxylic acids is 2. The Balaban J connectivity index is 2.10.